The number of aryl methyl sites for hydroxylation is 1. The molecule has 0 spiro atoms. The third-order valence-electron chi connectivity index (χ3n) is 2.51. The predicted molar refractivity (Wildman–Crippen MR) is 66.7 cm³/mol. The molecule has 0 saturated carbocycles. The number of aromatic nitrogens is 2. The Hall–Kier alpha value is -2.37. The maximum absolute atomic E-state index is 13.0. The number of nitrogens with two attached hydrogens (primary N) is 1. The van der Waals surface area contributed by atoms with Crippen molar-refractivity contribution < 1.29 is 9.18 Å². The smallest absolute Gasteiger partial charge is 0.259 e. The van der Waals surface area contributed by atoms with Crippen molar-refractivity contribution in [1.29, 1.82) is 0 Å². The molecule has 2 aromatic rings. The minimum atomic E-state index is -0.509. The van der Waals surface area contributed by atoms with Crippen molar-refractivity contribution in [3.63, 3.8) is 0 Å². The molecule has 1 aromatic heterocycles. The van der Waals surface area contributed by atoms with Crippen LogP contribution in [0, 0.1) is 5.82 Å². The van der Waals surface area contributed by atoms with Gasteiger partial charge in [0.1, 0.15) is 5.82 Å². The first-order chi connectivity index (χ1) is 8.60. The van der Waals surface area contributed by atoms with Gasteiger partial charge in [-0.2, -0.15) is 5.10 Å². The molecular weight excluding hydrogens is 235 g/mol. The molecule has 1 heterocycles. The average molecular weight is 248 g/mol. The van der Waals surface area contributed by atoms with Crippen LogP contribution in [0.1, 0.15) is 23.0 Å². The van der Waals surface area contributed by atoms with Crippen molar-refractivity contribution in [3.05, 3.63) is 41.3 Å². The molecule has 4 N–H and O–H groups in total. The van der Waals surface area contributed by atoms with Crippen molar-refractivity contribution in [2.24, 2.45) is 0 Å². The molecule has 0 radical (unpaired) electrons. The molecule has 6 heteroatoms. The van der Waals surface area contributed by atoms with Gasteiger partial charge in [-0.25, -0.2) is 4.39 Å². The summed E-state index contributed by atoms with van der Waals surface area (Å²) >= 11 is 0. The van der Waals surface area contributed by atoms with Crippen LogP contribution in [0.25, 0.3) is 0 Å². The molecule has 18 heavy (non-hydrogen) atoms. The number of halogens is 1. The Morgan fingerprint density at radius 1 is 1.50 bits per heavy atom. The number of nitrogen functional groups attached to an aromatic ring is 1. The Morgan fingerprint density at radius 2 is 2.28 bits per heavy atom. The zero-order valence-corrected chi connectivity index (χ0v) is 9.83. The van der Waals surface area contributed by atoms with Gasteiger partial charge in [0.15, 0.2) is 5.82 Å². The number of nitrogens with zero attached hydrogens (tertiary/aromatic N) is 1. The van der Waals surface area contributed by atoms with Gasteiger partial charge in [-0.1, -0.05) is 6.92 Å². The Balaban J connectivity index is 2.19. The van der Waals surface area contributed by atoms with Gasteiger partial charge < -0.3 is 11.1 Å². The first-order valence-electron chi connectivity index (χ1n) is 5.51. The molecule has 2 rings (SSSR count). The standard InChI is InChI=1S/C12H13FN4O/c1-2-8-6-11(17-16-8)15-12(18)9-5-7(13)3-4-10(9)14/h3-6H,2,14H2,1H3,(H2,15,16,17,18). The molecule has 1 amide bonds. The van der Waals surface area contributed by atoms with E-state index in [1.807, 2.05) is 6.92 Å². The van der Waals surface area contributed by atoms with E-state index in [0.717, 1.165) is 18.2 Å². The summed E-state index contributed by atoms with van der Waals surface area (Å²) in [4.78, 5) is 11.9. The Bertz CT molecular complexity index is 579. The lowest BCUT2D eigenvalue weighted by Crippen LogP contribution is -2.14. The summed E-state index contributed by atoms with van der Waals surface area (Å²) in [5, 5.41) is 9.23. The van der Waals surface area contributed by atoms with Crippen molar-refractivity contribution >= 4 is 17.4 Å². The molecule has 0 fully saturated rings. The summed E-state index contributed by atoms with van der Waals surface area (Å²) in [5.74, 6) is -0.604. The average Bonchev–Trinajstić information content (AvgIpc) is 2.80. The highest BCUT2D eigenvalue weighted by Gasteiger charge is 2.12. The quantitative estimate of drug-likeness (QED) is 0.726. The summed E-state index contributed by atoms with van der Waals surface area (Å²) in [6, 6.07) is 5.37. The van der Waals surface area contributed by atoms with Gasteiger partial charge in [0.05, 0.1) is 5.56 Å². The molecule has 0 atom stereocenters. The number of anilines is 2. The second-order valence-electron chi connectivity index (χ2n) is 3.82. The zero-order chi connectivity index (χ0) is 13.1. The number of aromatic amines is 1. The maximum atomic E-state index is 13.0. The number of H-pyrrole nitrogens is 1. The molecule has 0 aliphatic carbocycles. The van der Waals surface area contributed by atoms with E-state index in [9.17, 15) is 9.18 Å². The van der Waals surface area contributed by atoms with E-state index in [1.165, 1.54) is 12.1 Å². The number of carbonyl (C=O) groups excluding carboxylic acids is 1. The van der Waals surface area contributed by atoms with Gasteiger partial charge in [-0.05, 0) is 24.6 Å². The van der Waals surface area contributed by atoms with Crippen LogP contribution in [0.5, 0.6) is 0 Å². The highest BCUT2D eigenvalue weighted by atomic mass is 19.1. The summed E-state index contributed by atoms with van der Waals surface area (Å²) in [5.41, 5.74) is 6.84. The summed E-state index contributed by atoms with van der Waals surface area (Å²) in [6.45, 7) is 1.96. The molecule has 0 unspecified atom stereocenters. The van der Waals surface area contributed by atoms with Crippen molar-refractivity contribution in [3.8, 4) is 0 Å². The summed E-state index contributed by atoms with van der Waals surface area (Å²) in [6.07, 6.45) is 0.783. The first-order valence-corrected chi connectivity index (χ1v) is 5.51. The van der Waals surface area contributed by atoms with E-state index in [2.05, 4.69) is 15.5 Å². The van der Waals surface area contributed by atoms with Crippen LogP contribution in [-0.4, -0.2) is 16.1 Å². The van der Waals surface area contributed by atoms with Gasteiger partial charge in [-0.3, -0.25) is 9.89 Å². The van der Waals surface area contributed by atoms with Gasteiger partial charge >= 0.3 is 0 Å². The van der Waals surface area contributed by atoms with E-state index in [-0.39, 0.29) is 11.3 Å². The van der Waals surface area contributed by atoms with Crippen LogP contribution in [0.4, 0.5) is 15.9 Å². The molecule has 0 saturated heterocycles. The van der Waals surface area contributed by atoms with Crippen molar-refractivity contribution in [1.82, 2.24) is 10.2 Å². The number of nitrogens with one attached hydrogen (secondary N) is 2. The second-order valence-corrected chi connectivity index (χ2v) is 3.82. The van der Waals surface area contributed by atoms with Gasteiger partial charge in [0, 0.05) is 17.4 Å². The minimum absolute atomic E-state index is 0.0936. The largest absolute Gasteiger partial charge is 0.398 e. The van der Waals surface area contributed by atoms with E-state index >= 15 is 0 Å². The second kappa shape index (κ2) is 4.87. The van der Waals surface area contributed by atoms with E-state index in [1.54, 1.807) is 6.07 Å². The highest BCUT2D eigenvalue weighted by Crippen LogP contribution is 2.15. The van der Waals surface area contributed by atoms with Crippen LogP contribution in [0.3, 0.4) is 0 Å². The first kappa shape index (κ1) is 12.1. The SMILES string of the molecule is CCc1cc(NC(=O)c2cc(F)ccc2N)n[nH]1. The fraction of sp³-hybridized carbons (Fsp3) is 0.167. The van der Waals surface area contributed by atoms with Crippen molar-refractivity contribution in [2.75, 3.05) is 11.1 Å². The number of benzene rings is 1. The lowest BCUT2D eigenvalue weighted by molar-refractivity contribution is 0.102. The van der Waals surface area contributed by atoms with E-state index < -0.39 is 11.7 Å². The lowest BCUT2D eigenvalue weighted by Gasteiger charge is -2.05. The van der Waals surface area contributed by atoms with Crippen LogP contribution < -0.4 is 11.1 Å². The van der Waals surface area contributed by atoms with Crippen LogP contribution in [0.15, 0.2) is 24.3 Å². The Morgan fingerprint density at radius 3 is 2.94 bits per heavy atom. The maximum Gasteiger partial charge on any atom is 0.259 e. The van der Waals surface area contributed by atoms with Gasteiger partial charge in [0.2, 0.25) is 0 Å². The lowest BCUT2D eigenvalue weighted by atomic mass is 10.1. The summed E-state index contributed by atoms with van der Waals surface area (Å²) in [7, 11) is 0. The number of hydrogen-bond donors (Lipinski definition) is 3. The molecule has 1 aromatic carbocycles. The van der Waals surface area contributed by atoms with Gasteiger partial charge in [-0.15, -0.1) is 0 Å². The molecule has 5 nitrogen and oxygen atoms in total. The fourth-order valence-corrected chi connectivity index (χ4v) is 1.52. The molecule has 94 valence electrons. The number of amides is 1. The number of carbonyl (C=O) groups is 1. The normalized spacial score (nSPS) is 10.3. The van der Waals surface area contributed by atoms with Crippen LogP contribution >= 0.6 is 0 Å². The van der Waals surface area contributed by atoms with Crippen LogP contribution in [0.2, 0.25) is 0 Å². The van der Waals surface area contributed by atoms with Crippen LogP contribution in [-0.2, 0) is 6.42 Å². The fourth-order valence-electron chi connectivity index (χ4n) is 1.52. The monoisotopic (exact) mass is 248 g/mol. The Labute approximate surface area is 103 Å². The zero-order valence-electron chi connectivity index (χ0n) is 9.83. The Kier molecular flexibility index (Phi) is 3.27. The highest BCUT2D eigenvalue weighted by molar-refractivity contribution is 6.07. The molecule has 0 aliphatic rings. The molecular formula is C12H13FN4O. The molecule has 0 bridgehead atoms. The van der Waals surface area contributed by atoms with E-state index in [0.29, 0.717) is 5.82 Å². The number of rotatable bonds is 3. The summed E-state index contributed by atoms with van der Waals surface area (Å²) < 4.78 is 13.0. The third kappa shape index (κ3) is 2.48. The topological polar surface area (TPSA) is 83.8 Å². The van der Waals surface area contributed by atoms with E-state index in [4.69, 9.17) is 5.73 Å². The predicted octanol–water partition coefficient (Wildman–Crippen LogP) is 1.95. The van der Waals surface area contributed by atoms with Crippen molar-refractivity contribution in [2.45, 2.75) is 13.3 Å². The third-order valence-corrected chi connectivity index (χ3v) is 2.51. The minimum Gasteiger partial charge on any atom is -0.398 e. The number of hydrogen-bond acceptors (Lipinski definition) is 3. The van der Waals surface area contributed by atoms with Gasteiger partial charge in [0.25, 0.3) is 5.91 Å². The molecule has 0 aliphatic heterocycles.